The molecule has 2 amide bonds. The van der Waals surface area contributed by atoms with Crippen molar-refractivity contribution in [1.29, 1.82) is 0 Å². The van der Waals surface area contributed by atoms with Crippen LogP contribution in [0.5, 0.6) is 0 Å². The van der Waals surface area contributed by atoms with Gasteiger partial charge in [-0.15, -0.1) is 0 Å². The van der Waals surface area contributed by atoms with Crippen molar-refractivity contribution in [1.82, 2.24) is 15.6 Å². The van der Waals surface area contributed by atoms with E-state index < -0.39 is 69.0 Å². The summed E-state index contributed by atoms with van der Waals surface area (Å²) < 4.78 is 23.7. The SMILES string of the molecule is CCOC(=O)C1=NN[C@H](C)[C@H]1C(=O)[C@@H]1C(C)=C(C(=O)OC)N2C(=O)[C@@H](NC(=O)c3ccccc3)[C@H]2S1=O. The minimum Gasteiger partial charge on any atom is -0.464 e. The number of amides is 2. The molecule has 0 bridgehead atoms. The van der Waals surface area contributed by atoms with Gasteiger partial charge in [-0.2, -0.15) is 5.10 Å². The zero-order valence-electron chi connectivity index (χ0n) is 20.5. The largest absolute Gasteiger partial charge is 0.464 e. The number of hydrazone groups is 1. The van der Waals surface area contributed by atoms with Crippen molar-refractivity contribution >= 4 is 46.0 Å². The lowest BCUT2D eigenvalue weighted by molar-refractivity contribution is -0.150. The number of Topliss-reactive ketones (excluding diaryl/α,β-unsaturated/α-hetero) is 1. The van der Waals surface area contributed by atoms with Gasteiger partial charge in [-0.25, -0.2) is 9.59 Å². The van der Waals surface area contributed by atoms with Crippen LogP contribution in [0.2, 0.25) is 0 Å². The molecule has 0 aliphatic carbocycles. The van der Waals surface area contributed by atoms with Gasteiger partial charge >= 0.3 is 11.9 Å². The molecule has 1 fully saturated rings. The first-order chi connectivity index (χ1) is 17.6. The summed E-state index contributed by atoms with van der Waals surface area (Å²) >= 11 is 0. The van der Waals surface area contributed by atoms with Gasteiger partial charge in [0.15, 0.2) is 11.5 Å². The maximum Gasteiger partial charge on any atom is 0.355 e. The van der Waals surface area contributed by atoms with Crippen LogP contribution in [0.4, 0.5) is 0 Å². The third-order valence-corrected chi connectivity index (χ3v) is 8.46. The molecular weight excluding hydrogens is 504 g/mol. The van der Waals surface area contributed by atoms with E-state index in [0.717, 1.165) is 12.0 Å². The first-order valence-electron chi connectivity index (χ1n) is 11.5. The maximum atomic E-state index is 13.8. The van der Waals surface area contributed by atoms with Crippen LogP contribution >= 0.6 is 0 Å². The van der Waals surface area contributed by atoms with Gasteiger partial charge in [0.1, 0.15) is 22.4 Å². The van der Waals surface area contributed by atoms with Crippen molar-refractivity contribution in [3.05, 3.63) is 47.2 Å². The van der Waals surface area contributed by atoms with Crippen LogP contribution in [-0.2, 0) is 39.5 Å². The van der Waals surface area contributed by atoms with E-state index in [2.05, 4.69) is 15.8 Å². The molecule has 0 aromatic heterocycles. The Morgan fingerprint density at radius 2 is 1.84 bits per heavy atom. The number of hydrogen-bond donors (Lipinski definition) is 2. The van der Waals surface area contributed by atoms with Gasteiger partial charge in [0.25, 0.3) is 11.8 Å². The van der Waals surface area contributed by atoms with Crippen LogP contribution in [0, 0.1) is 5.92 Å². The lowest BCUT2D eigenvalue weighted by Crippen LogP contribution is -2.75. The van der Waals surface area contributed by atoms with Crippen molar-refractivity contribution in [2.75, 3.05) is 13.7 Å². The minimum atomic E-state index is -2.09. The van der Waals surface area contributed by atoms with Crippen molar-refractivity contribution in [3.8, 4) is 0 Å². The van der Waals surface area contributed by atoms with Crippen molar-refractivity contribution in [2.24, 2.45) is 11.0 Å². The summed E-state index contributed by atoms with van der Waals surface area (Å²) in [6.07, 6.45) is 0. The molecule has 3 aliphatic rings. The van der Waals surface area contributed by atoms with E-state index in [4.69, 9.17) is 9.47 Å². The molecule has 1 aromatic rings. The lowest BCUT2D eigenvalue weighted by atomic mass is 9.87. The summed E-state index contributed by atoms with van der Waals surface area (Å²) in [6, 6.07) is 6.27. The van der Waals surface area contributed by atoms with Gasteiger partial charge < -0.3 is 20.2 Å². The fraction of sp³-hybridized carbons (Fsp3) is 0.417. The van der Waals surface area contributed by atoms with Crippen LogP contribution in [0.3, 0.4) is 0 Å². The highest BCUT2D eigenvalue weighted by Crippen LogP contribution is 2.40. The summed E-state index contributed by atoms with van der Waals surface area (Å²) in [5.74, 6) is -4.65. The molecule has 1 aromatic carbocycles. The molecule has 37 heavy (non-hydrogen) atoms. The summed E-state index contributed by atoms with van der Waals surface area (Å²) in [5.41, 5.74) is 2.66. The quantitative estimate of drug-likeness (QED) is 0.354. The third kappa shape index (κ3) is 4.32. The Morgan fingerprint density at radius 3 is 2.46 bits per heavy atom. The van der Waals surface area contributed by atoms with Gasteiger partial charge in [0, 0.05) is 5.56 Å². The normalized spacial score (nSPS) is 28.4. The predicted molar refractivity (Wildman–Crippen MR) is 130 cm³/mol. The number of carbonyl (C=O) groups excluding carboxylic acids is 5. The molecule has 12 nitrogen and oxygen atoms in total. The fourth-order valence-corrected chi connectivity index (χ4v) is 6.66. The summed E-state index contributed by atoms with van der Waals surface area (Å²) in [5, 5.41) is 3.95. The van der Waals surface area contributed by atoms with E-state index in [0.29, 0.717) is 0 Å². The second kappa shape index (κ2) is 10.2. The first kappa shape index (κ1) is 26.2. The summed E-state index contributed by atoms with van der Waals surface area (Å²) in [7, 11) is -0.973. The van der Waals surface area contributed by atoms with Crippen molar-refractivity contribution in [3.63, 3.8) is 0 Å². The number of nitrogens with one attached hydrogen (secondary N) is 2. The smallest absolute Gasteiger partial charge is 0.355 e. The van der Waals surface area contributed by atoms with E-state index in [1.165, 1.54) is 6.92 Å². The Bertz CT molecular complexity index is 1260. The minimum absolute atomic E-state index is 0.0647. The molecule has 13 heteroatoms. The average molecular weight is 531 g/mol. The Hall–Kier alpha value is -3.87. The molecule has 0 radical (unpaired) electrons. The Kier molecular flexibility index (Phi) is 7.25. The Balaban J connectivity index is 1.70. The molecule has 2 N–H and O–H groups in total. The highest BCUT2D eigenvalue weighted by Gasteiger charge is 2.61. The molecule has 3 heterocycles. The Morgan fingerprint density at radius 1 is 1.16 bits per heavy atom. The molecular formula is C24H26N4O8S. The van der Waals surface area contributed by atoms with E-state index in [1.807, 2.05) is 0 Å². The van der Waals surface area contributed by atoms with Crippen LogP contribution in [0.15, 0.2) is 46.7 Å². The van der Waals surface area contributed by atoms with Crippen molar-refractivity contribution < 1.29 is 37.7 Å². The van der Waals surface area contributed by atoms with E-state index in [1.54, 1.807) is 44.2 Å². The molecule has 3 aliphatic heterocycles. The fourth-order valence-electron chi connectivity index (χ4n) is 4.67. The van der Waals surface area contributed by atoms with E-state index >= 15 is 0 Å². The first-order valence-corrected chi connectivity index (χ1v) is 12.8. The van der Waals surface area contributed by atoms with Gasteiger partial charge in [0.2, 0.25) is 0 Å². The maximum absolute atomic E-state index is 13.8. The number of esters is 2. The number of ether oxygens (including phenoxy) is 2. The van der Waals surface area contributed by atoms with Crippen LogP contribution < -0.4 is 10.7 Å². The predicted octanol–water partition coefficient (Wildman–Crippen LogP) is -0.373. The molecule has 0 spiro atoms. The third-order valence-electron chi connectivity index (χ3n) is 6.46. The highest BCUT2D eigenvalue weighted by atomic mass is 32.2. The molecule has 1 unspecified atom stereocenters. The molecule has 1 saturated heterocycles. The highest BCUT2D eigenvalue weighted by molar-refractivity contribution is 7.87. The number of benzene rings is 1. The van der Waals surface area contributed by atoms with Crippen LogP contribution in [-0.4, -0.2) is 80.8 Å². The van der Waals surface area contributed by atoms with Gasteiger partial charge in [-0.3, -0.25) is 23.5 Å². The van der Waals surface area contributed by atoms with Gasteiger partial charge in [-0.1, -0.05) is 18.2 Å². The average Bonchev–Trinajstić information content (AvgIpc) is 3.28. The van der Waals surface area contributed by atoms with E-state index in [-0.39, 0.29) is 29.2 Å². The number of ketones is 1. The second-order valence-corrected chi connectivity index (χ2v) is 10.3. The lowest BCUT2D eigenvalue weighted by Gasteiger charge is -2.50. The standard InChI is InChI=1S/C24H26N4O8S/c1-5-36-23(32)15-14(12(3)26-27-15)18(29)19-11(2)17(24(33)35-4)28-21(31)16(22(28)37(19)34)25-20(30)13-9-7-6-8-10-13/h6-10,12,14,16,19,22,26H,5H2,1-4H3,(H,25,30)/t12-,14-,16-,19+,22-,37?/m1/s1. The number of methoxy groups -OCH3 is 1. The molecule has 4 rings (SSSR count). The molecule has 6 atom stereocenters. The molecule has 0 saturated carbocycles. The number of β-lactam (4-membered cyclic amide) rings is 1. The zero-order valence-corrected chi connectivity index (χ0v) is 21.4. The van der Waals surface area contributed by atoms with Crippen molar-refractivity contribution in [2.45, 2.75) is 43.5 Å². The molecule has 196 valence electrons. The Labute approximate surface area is 214 Å². The second-order valence-electron chi connectivity index (χ2n) is 8.66. The topological polar surface area (TPSA) is 161 Å². The number of hydrogen-bond acceptors (Lipinski definition) is 10. The number of nitrogens with zero attached hydrogens (tertiary/aromatic N) is 2. The summed E-state index contributed by atoms with van der Waals surface area (Å²) in [6.45, 7) is 4.72. The van der Waals surface area contributed by atoms with Gasteiger partial charge in [0.05, 0.1) is 36.5 Å². The number of carbonyl (C=O) groups is 5. The zero-order chi connectivity index (χ0) is 27.0. The monoisotopic (exact) mass is 530 g/mol. The number of fused-ring (bicyclic) bond motifs is 1. The van der Waals surface area contributed by atoms with Gasteiger partial charge in [-0.05, 0) is 38.5 Å². The number of rotatable bonds is 7. The summed E-state index contributed by atoms with van der Waals surface area (Å²) in [4.78, 5) is 65.7. The van der Waals surface area contributed by atoms with Crippen LogP contribution in [0.25, 0.3) is 0 Å². The van der Waals surface area contributed by atoms with E-state index in [9.17, 15) is 28.2 Å². The van der Waals surface area contributed by atoms with Crippen LogP contribution in [0.1, 0.15) is 31.1 Å².